The molecule has 1 aromatic carbocycles. The first-order valence-electron chi connectivity index (χ1n) is 5.60. The smallest absolute Gasteiger partial charge is 0.232 e. The number of nitrogens with zero attached hydrogens (tertiary/aromatic N) is 2. The number of rotatable bonds is 4. The SMILES string of the molecule is CC(C)CCOc1cnc2ccccc2n1. The first-order chi connectivity index (χ1) is 7.75. The molecule has 2 rings (SSSR count). The lowest BCUT2D eigenvalue weighted by Gasteiger charge is -2.07. The van der Waals surface area contributed by atoms with Crippen molar-refractivity contribution in [3.05, 3.63) is 30.5 Å². The lowest BCUT2D eigenvalue weighted by atomic mass is 10.1. The number of hydrogen-bond acceptors (Lipinski definition) is 3. The van der Waals surface area contributed by atoms with Crippen LogP contribution in [0, 0.1) is 5.92 Å². The van der Waals surface area contributed by atoms with Crippen molar-refractivity contribution in [3.8, 4) is 5.88 Å². The van der Waals surface area contributed by atoms with E-state index in [1.807, 2.05) is 24.3 Å². The molecule has 3 nitrogen and oxygen atoms in total. The minimum Gasteiger partial charge on any atom is -0.477 e. The van der Waals surface area contributed by atoms with Gasteiger partial charge in [0.15, 0.2) is 0 Å². The summed E-state index contributed by atoms with van der Waals surface area (Å²) in [7, 11) is 0. The first kappa shape index (κ1) is 10.9. The van der Waals surface area contributed by atoms with Crippen LogP contribution in [0.1, 0.15) is 20.3 Å². The Balaban J connectivity index is 2.08. The molecule has 0 spiro atoms. The van der Waals surface area contributed by atoms with Crippen molar-refractivity contribution in [2.75, 3.05) is 6.61 Å². The van der Waals surface area contributed by atoms with Crippen LogP contribution < -0.4 is 4.74 Å². The summed E-state index contributed by atoms with van der Waals surface area (Å²) in [6.07, 6.45) is 2.72. The van der Waals surface area contributed by atoms with Gasteiger partial charge in [-0.15, -0.1) is 0 Å². The predicted octanol–water partition coefficient (Wildman–Crippen LogP) is 3.05. The van der Waals surface area contributed by atoms with E-state index >= 15 is 0 Å². The molecule has 16 heavy (non-hydrogen) atoms. The van der Waals surface area contributed by atoms with Crippen molar-refractivity contribution in [2.45, 2.75) is 20.3 Å². The Kier molecular flexibility index (Phi) is 3.34. The summed E-state index contributed by atoms with van der Waals surface area (Å²) >= 11 is 0. The van der Waals surface area contributed by atoms with Crippen molar-refractivity contribution >= 4 is 11.0 Å². The van der Waals surface area contributed by atoms with Crippen LogP contribution in [0.3, 0.4) is 0 Å². The monoisotopic (exact) mass is 216 g/mol. The molecule has 0 aliphatic rings. The van der Waals surface area contributed by atoms with Gasteiger partial charge in [0, 0.05) is 0 Å². The lowest BCUT2D eigenvalue weighted by Crippen LogP contribution is -2.03. The average molecular weight is 216 g/mol. The number of benzene rings is 1. The highest BCUT2D eigenvalue weighted by molar-refractivity contribution is 5.73. The third kappa shape index (κ3) is 2.69. The van der Waals surface area contributed by atoms with Gasteiger partial charge < -0.3 is 4.74 Å². The Morgan fingerprint density at radius 1 is 1.19 bits per heavy atom. The van der Waals surface area contributed by atoms with E-state index in [9.17, 15) is 0 Å². The summed E-state index contributed by atoms with van der Waals surface area (Å²) in [6, 6.07) is 7.79. The second-order valence-corrected chi connectivity index (χ2v) is 4.23. The minimum absolute atomic E-state index is 0.611. The topological polar surface area (TPSA) is 35.0 Å². The van der Waals surface area contributed by atoms with E-state index in [2.05, 4.69) is 23.8 Å². The molecule has 0 aliphatic heterocycles. The van der Waals surface area contributed by atoms with E-state index < -0.39 is 0 Å². The van der Waals surface area contributed by atoms with E-state index in [1.54, 1.807) is 6.20 Å². The standard InChI is InChI=1S/C13H16N2O/c1-10(2)7-8-16-13-9-14-11-5-3-4-6-12(11)15-13/h3-6,9-10H,7-8H2,1-2H3. The molecule has 0 bridgehead atoms. The fraction of sp³-hybridized carbons (Fsp3) is 0.385. The second kappa shape index (κ2) is 4.92. The molecule has 3 heteroatoms. The normalized spacial score (nSPS) is 10.9. The highest BCUT2D eigenvalue weighted by Gasteiger charge is 2.00. The molecule has 1 heterocycles. The molecule has 0 amide bonds. The first-order valence-corrected chi connectivity index (χ1v) is 5.60. The summed E-state index contributed by atoms with van der Waals surface area (Å²) in [5.74, 6) is 1.26. The van der Waals surface area contributed by atoms with Gasteiger partial charge in [-0.25, -0.2) is 9.97 Å². The van der Waals surface area contributed by atoms with Crippen molar-refractivity contribution in [3.63, 3.8) is 0 Å². The quantitative estimate of drug-likeness (QED) is 0.787. The number of para-hydroxylation sites is 2. The molecular weight excluding hydrogens is 200 g/mol. The van der Waals surface area contributed by atoms with E-state index in [1.165, 1.54) is 0 Å². The fourth-order valence-electron chi connectivity index (χ4n) is 1.41. The number of fused-ring (bicyclic) bond motifs is 1. The molecule has 2 aromatic rings. The summed E-state index contributed by atoms with van der Waals surface area (Å²) in [5, 5.41) is 0. The molecular formula is C13H16N2O. The maximum atomic E-state index is 5.55. The van der Waals surface area contributed by atoms with Crippen LogP contribution in [-0.2, 0) is 0 Å². The van der Waals surface area contributed by atoms with Gasteiger partial charge in [0.1, 0.15) is 0 Å². The molecule has 0 radical (unpaired) electrons. The number of hydrogen-bond donors (Lipinski definition) is 0. The maximum Gasteiger partial charge on any atom is 0.232 e. The van der Waals surface area contributed by atoms with E-state index in [0.717, 1.165) is 17.5 Å². The summed E-state index contributed by atoms with van der Waals surface area (Å²) in [4.78, 5) is 8.68. The van der Waals surface area contributed by atoms with Gasteiger partial charge >= 0.3 is 0 Å². The van der Waals surface area contributed by atoms with Crippen molar-refractivity contribution in [1.29, 1.82) is 0 Å². The Morgan fingerprint density at radius 3 is 2.69 bits per heavy atom. The molecule has 0 unspecified atom stereocenters. The Labute approximate surface area is 95.5 Å². The Hall–Kier alpha value is -1.64. The van der Waals surface area contributed by atoms with Gasteiger partial charge in [0.25, 0.3) is 0 Å². The maximum absolute atomic E-state index is 5.55. The van der Waals surface area contributed by atoms with Gasteiger partial charge in [-0.1, -0.05) is 26.0 Å². The minimum atomic E-state index is 0.611. The van der Waals surface area contributed by atoms with E-state index in [-0.39, 0.29) is 0 Å². The molecule has 0 saturated heterocycles. The molecule has 0 N–H and O–H groups in total. The van der Waals surface area contributed by atoms with Crippen LogP contribution in [0.2, 0.25) is 0 Å². The zero-order valence-corrected chi connectivity index (χ0v) is 9.68. The third-order valence-corrected chi connectivity index (χ3v) is 2.37. The average Bonchev–Trinajstić information content (AvgIpc) is 2.28. The largest absolute Gasteiger partial charge is 0.477 e. The predicted molar refractivity (Wildman–Crippen MR) is 64.5 cm³/mol. The van der Waals surface area contributed by atoms with Gasteiger partial charge in [0.2, 0.25) is 5.88 Å². The Bertz CT molecular complexity index is 468. The molecule has 0 saturated carbocycles. The van der Waals surface area contributed by atoms with Gasteiger partial charge in [0.05, 0.1) is 23.8 Å². The number of ether oxygens (including phenoxy) is 1. The lowest BCUT2D eigenvalue weighted by molar-refractivity contribution is 0.279. The summed E-state index contributed by atoms with van der Waals surface area (Å²) in [5.41, 5.74) is 1.78. The van der Waals surface area contributed by atoms with E-state index in [4.69, 9.17) is 4.74 Å². The highest BCUT2D eigenvalue weighted by atomic mass is 16.5. The van der Waals surface area contributed by atoms with Crippen LogP contribution in [0.5, 0.6) is 5.88 Å². The van der Waals surface area contributed by atoms with Crippen LogP contribution in [0.25, 0.3) is 11.0 Å². The zero-order valence-electron chi connectivity index (χ0n) is 9.68. The molecule has 84 valence electrons. The van der Waals surface area contributed by atoms with Crippen molar-refractivity contribution in [1.82, 2.24) is 9.97 Å². The van der Waals surface area contributed by atoms with E-state index in [0.29, 0.717) is 18.4 Å². The van der Waals surface area contributed by atoms with Crippen LogP contribution >= 0.6 is 0 Å². The van der Waals surface area contributed by atoms with Gasteiger partial charge in [-0.2, -0.15) is 0 Å². The van der Waals surface area contributed by atoms with Crippen LogP contribution in [-0.4, -0.2) is 16.6 Å². The second-order valence-electron chi connectivity index (χ2n) is 4.23. The highest BCUT2D eigenvalue weighted by Crippen LogP contribution is 2.13. The number of aromatic nitrogens is 2. The summed E-state index contributed by atoms with van der Waals surface area (Å²) < 4.78 is 5.55. The van der Waals surface area contributed by atoms with Gasteiger partial charge in [-0.3, -0.25) is 0 Å². The van der Waals surface area contributed by atoms with Crippen molar-refractivity contribution in [2.24, 2.45) is 5.92 Å². The van der Waals surface area contributed by atoms with Crippen LogP contribution in [0.4, 0.5) is 0 Å². The summed E-state index contributed by atoms with van der Waals surface area (Å²) in [6.45, 7) is 5.05. The molecule has 0 atom stereocenters. The molecule has 0 fully saturated rings. The molecule has 1 aromatic heterocycles. The van der Waals surface area contributed by atoms with Crippen LogP contribution in [0.15, 0.2) is 30.5 Å². The third-order valence-electron chi connectivity index (χ3n) is 2.37. The van der Waals surface area contributed by atoms with Crippen molar-refractivity contribution < 1.29 is 4.74 Å². The molecule has 0 aliphatic carbocycles. The zero-order chi connectivity index (χ0) is 11.4. The Morgan fingerprint density at radius 2 is 1.94 bits per heavy atom. The van der Waals surface area contributed by atoms with Gasteiger partial charge in [-0.05, 0) is 24.5 Å². The fourth-order valence-corrected chi connectivity index (χ4v) is 1.41.